The number of aliphatic hydroxyl groups is 4. The summed E-state index contributed by atoms with van der Waals surface area (Å²) in [5.74, 6) is -2.45. The van der Waals surface area contributed by atoms with Gasteiger partial charge in [0.1, 0.15) is 36.9 Å². The number of carbonyl (C=O) groups excluding carboxylic acids is 1. The van der Waals surface area contributed by atoms with Gasteiger partial charge in [-0.3, -0.25) is 9.59 Å². The van der Waals surface area contributed by atoms with Crippen LogP contribution < -0.4 is 0 Å². The fraction of sp³-hybridized carbons (Fsp3) is 0.778. The molecule has 0 aromatic rings. The van der Waals surface area contributed by atoms with E-state index in [0.29, 0.717) is 0 Å². The summed E-state index contributed by atoms with van der Waals surface area (Å²) in [5.41, 5.74) is 0. The molecule has 8 nitrogen and oxygen atoms in total. The molecule has 0 aromatic heterocycles. The second-order valence-corrected chi connectivity index (χ2v) is 3.83. The summed E-state index contributed by atoms with van der Waals surface area (Å²) in [6.07, 6.45) is -8.74. The van der Waals surface area contributed by atoms with Crippen molar-refractivity contribution < 1.29 is 39.9 Å². The lowest BCUT2D eigenvalue weighted by atomic mass is 9.94. The molecule has 1 aliphatic heterocycles. The summed E-state index contributed by atoms with van der Waals surface area (Å²) in [5, 5.41) is 45.8. The molecular weight excluding hydrogens is 236 g/mol. The summed E-state index contributed by atoms with van der Waals surface area (Å²) < 4.78 is 4.81. The van der Waals surface area contributed by atoms with Crippen molar-refractivity contribution in [2.45, 2.75) is 36.9 Å². The van der Waals surface area contributed by atoms with Gasteiger partial charge < -0.3 is 30.3 Å². The molecule has 5 atom stereocenters. The minimum atomic E-state index is -1.86. The lowest BCUT2D eigenvalue weighted by molar-refractivity contribution is -0.210. The van der Waals surface area contributed by atoms with Gasteiger partial charge in [0, 0.05) is 0 Å². The van der Waals surface area contributed by atoms with Crippen LogP contribution in [0.2, 0.25) is 0 Å². The number of rotatable bonds is 4. The van der Waals surface area contributed by atoms with Gasteiger partial charge in [-0.15, -0.1) is 0 Å². The first kappa shape index (κ1) is 14.0. The Morgan fingerprint density at radius 1 is 1.24 bits per heavy atom. The summed E-state index contributed by atoms with van der Waals surface area (Å²) >= 11 is 0. The van der Waals surface area contributed by atoms with E-state index in [-0.39, 0.29) is 6.61 Å². The van der Waals surface area contributed by atoms with Gasteiger partial charge in [0.25, 0.3) is 0 Å². The largest absolute Gasteiger partial charge is 0.481 e. The predicted molar refractivity (Wildman–Crippen MR) is 51.0 cm³/mol. The lowest BCUT2D eigenvalue weighted by Gasteiger charge is -2.36. The van der Waals surface area contributed by atoms with E-state index in [1.807, 2.05) is 0 Å². The van der Waals surface area contributed by atoms with Crippen LogP contribution in [0.25, 0.3) is 0 Å². The molecule has 0 amide bonds. The highest BCUT2D eigenvalue weighted by Gasteiger charge is 2.43. The van der Waals surface area contributed by atoms with Crippen LogP contribution in [0, 0.1) is 0 Å². The Labute approximate surface area is 96.1 Å². The summed E-state index contributed by atoms with van der Waals surface area (Å²) in [7, 11) is 0. The zero-order chi connectivity index (χ0) is 13.2. The predicted octanol–water partition coefficient (Wildman–Crippen LogP) is -3.13. The van der Waals surface area contributed by atoms with Crippen molar-refractivity contribution in [3.63, 3.8) is 0 Å². The second kappa shape index (κ2) is 5.52. The van der Waals surface area contributed by atoms with Crippen LogP contribution in [0.5, 0.6) is 0 Å². The van der Waals surface area contributed by atoms with Crippen molar-refractivity contribution in [2.24, 2.45) is 0 Å². The lowest BCUT2D eigenvalue weighted by Crippen LogP contribution is -2.58. The van der Waals surface area contributed by atoms with Crippen molar-refractivity contribution in [3.8, 4) is 0 Å². The maximum absolute atomic E-state index is 11.2. The fourth-order valence-corrected chi connectivity index (χ4v) is 1.54. The molecule has 0 bridgehead atoms. The smallest absolute Gasteiger partial charge is 0.310 e. The molecule has 5 N–H and O–H groups in total. The van der Waals surface area contributed by atoms with E-state index in [1.165, 1.54) is 0 Å². The van der Waals surface area contributed by atoms with E-state index in [9.17, 15) is 24.9 Å². The number of ether oxygens (including phenoxy) is 1. The Kier molecular flexibility index (Phi) is 4.54. The van der Waals surface area contributed by atoms with Gasteiger partial charge in [-0.25, -0.2) is 0 Å². The Bertz CT molecular complexity index is 303. The monoisotopic (exact) mass is 250 g/mol. The van der Waals surface area contributed by atoms with E-state index in [4.69, 9.17) is 14.9 Å². The molecule has 17 heavy (non-hydrogen) atoms. The second-order valence-electron chi connectivity index (χ2n) is 3.83. The van der Waals surface area contributed by atoms with Crippen LogP contribution in [-0.2, 0) is 14.3 Å². The average Bonchev–Trinajstić information content (AvgIpc) is 2.24. The van der Waals surface area contributed by atoms with Gasteiger partial charge in [-0.05, 0) is 0 Å². The molecule has 1 fully saturated rings. The highest BCUT2D eigenvalue weighted by atomic mass is 16.5. The van der Waals surface area contributed by atoms with Crippen LogP contribution in [0.3, 0.4) is 0 Å². The molecule has 0 saturated carbocycles. The topological polar surface area (TPSA) is 145 Å². The van der Waals surface area contributed by atoms with E-state index in [1.54, 1.807) is 0 Å². The molecule has 1 heterocycles. The highest BCUT2D eigenvalue weighted by molar-refractivity contribution is 5.97. The summed E-state index contributed by atoms with van der Waals surface area (Å²) in [6.45, 7) is -0.361. The van der Waals surface area contributed by atoms with Crippen molar-refractivity contribution in [1.29, 1.82) is 0 Å². The molecule has 2 unspecified atom stereocenters. The first-order chi connectivity index (χ1) is 7.84. The van der Waals surface area contributed by atoms with Crippen molar-refractivity contribution in [1.82, 2.24) is 0 Å². The molecule has 1 rings (SSSR count). The van der Waals surface area contributed by atoms with E-state index >= 15 is 0 Å². The van der Waals surface area contributed by atoms with Gasteiger partial charge in [-0.2, -0.15) is 0 Å². The standard InChI is InChI=1S/C9H14O8/c10-3(1-5(12)13)7(15)9-8(16)6(14)4(11)2-17-9/h4,6-9,11,14-16H,1-2H2,(H,12,13)/t4-,6+,7?,8?,9+/m0/s1. The first-order valence-corrected chi connectivity index (χ1v) is 4.93. The third kappa shape index (κ3) is 3.20. The maximum Gasteiger partial charge on any atom is 0.310 e. The number of carbonyl (C=O) groups is 2. The molecule has 1 aliphatic rings. The number of hydrogen-bond donors (Lipinski definition) is 5. The number of aliphatic carboxylic acids is 1. The van der Waals surface area contributed by atoms with E-state index in [0.717, 1.165) is 0 Å². The molecule has 0 aromatic carbocycles. The zero-order valence-corrected chi connectivity index (χ0v) is 8.76. The molecule has 0 spiro atoms. The summed E-state index contributed by atoms with van der Waals surface area (Å²) in [6, 6.07) is 0. The van der Waals surface area contributed by atoms with Crippen LogP contribution in [-0.4, -0.2) is 74.4 Å². The number of carboxylic acids is 1. The molecular formula is C9H14O8. The maximum atomic E-state index is 11.2. The fourth-order valence-electron chi connectivity index (χ4n) is 1.54. The zero-order valence-electron chi connectivity index (χ0n) is 8.76. The van der Waals surface area contributed by atoms with Crippen molar-refractivity contribution in [2.75, 3.05) is 6.61 Å². The van der Waals surface area contributed by atoms with E-state index in [2.05, 4.69) is 0 Å². The SMILES string of the molecule is O=C(O)CC(=O)C(O)[C@H]1OC[C@H](O)[C@@H](O)C1O. The first-order valence-electron chi connectivity index (χ1n) is 4.93. The van der Waals surface area contributed by atoms with Gasteiger partial charge in [-0.1, -0.05) is 0 Å². The Morgan fingerprint density at radius 2 is 1.82 bits per heavy atom. The number of ketones is 1. The van der Waals surface area contributed by atoms with Crippen LogP contribution >= 0.6 is 0 Å². The molecule has 0 radical (unpaired) electrons. The number of aliphatic hydroxyl groups excluding tert-OH is 4. The normalized spacial score (nSPS) is 35.3. The van der Waals surface area contributed by atoms with Crippen LogP contribution in [0.4, 0.5) is 0 Å². The van der Waals surface area contributed by atoms with Crippen molar-refractivity contribution >= 4 is 11.8 Å². The quantitative estimate of drug-likeness (QED) is 0.329. The molecule has 0 aliphatic carbocycles. The molecule has 1 saturated heterocycles. The van der Waals surface area contributed by atoms with Crippen LogP contribution in [0.15, 0.2) is 0 Å². The Hall–Kier alpha value is -1.06. The Morgan fingerprint density at radius 3 is 2.35 bits per heavy atom. The molecule has 8 heteroatoms. The summed E-state index contributed by atoms with van der Waals surface area (Å²) in [4.78, 5) is 21.5. The Balaban J connectivity index is 2.66. The van der Waals surface area contributed by atoms with Gasteiger partial charge in [0.2, 0.25) is 0 Å². The van der Waals surface area contributed by atoms with Crippen LogP contribution in [0.1, 0.15) is 6.42 Å². The van der Waals surface area contributed by atoms with Crippen molar-refractivity contribution in [3.05, 3.63) is 0 Å². The number of hydrogen-bond acceptors (Lipinski definition) is 7. The third-order valence-electron chi connectivity index (χ3n) is 2.51. The number of Topliss-reactive ketones (excluding diaryl/α,β-unsaturated/α-hetero) is 1. The third-order valence-corrected chi connectivity index (χ3v) is 2.51. The highest BCUT2D eigenvalue weighted by Crippen LogP contribution is 2.19. The van der Waals surface area contributed by atoms with E-state index < -0.39 is 48.7 Å². The van der Waals surface area contributed by atoms with Gasteiger partial charge >= 0.3 is 5.97 Å². The molecule has 98 valence electrons. The number of carboxylic acid groups (broad SMARTS) is 1. The van der Waals surface area contributed by atoms with Gasteiger partial charge in [0.05, 0.1) is 6.61 Å². The minimum absolute atomic E-state index is 0.361. The average molecular weight is 250 g/mol. The van der Waals surface area contributed by atoms with Gasteiger partial charge in [0.15, 0.2) is 5.78 Å². The minimum Gasteiger partial charge on any atom is -0.481 e.